The normalized spacial score (nSPS) is 17.5. The Labute approximate surface area is 181 Å². The average molecular weight is 444 g/mol. The molecule has 1 atom stereocenters. The lowest BCUT2D eigenvalue weighted by molar-refractivity contribution is 0.0940. The van der Waals surface area contributed by atoms with Crippen LogP contribution in [0.1, 0.15) is 41.7 Å². The number of aromatic nitrogens is 1. The first kappa shape index (κ1) is 21.3. The Balaban J connectivity index is 1.37. The molecule has 9 heteroatoms. The molecule has 1 saturated heterocycles. The molecule has 0 aliphatic carbocycles. The molecule has 8 nitrogen and oxygen atoms in total. The second-order valence-corrected chi connectivity index (χ2v) is 9.57. The van der Waals surface area contributed by atoms with Crippen LogP contribution < -0.4 is 5.32 Å². The van der Waals surface area contributed by atoms with E-state index in [2.05, 4.69) is 10.5 Å². The first-order chi connectivity index (χ1) is 14.9. The monoisotopic (exact) mass is 443 g/mol. The van der Waals surface area contributed by atoms with Crippen molar-refractivity contribution in [2.45, 2.75) is 43.5 Å². The Hall–Kier alpha value is -2.91. The van der Waals surface area contributed by atoms with Crippen molar-refractivity contribution in [3.63, 3.8) is 0 Å². The molecule has 0 saturated carbocycles. The fourth-order valence-corrected chi connectivity index (χ4v) is 5.51. The van der Waals surface area contributed by atoms with Crippen molar-refractivity contribution in [1.82, 2.24) is 14.8 Å². The molecule has 1 aliphatic heterocycles. The van der Waals surface area contributed by atoms with Gasteiger partial charge in [0.15, 0.2) is 11.5 Å². The van der Waals surface area contributed by atoms with Gasteiger partial charge < -0.3 is 14.3 Å². The zero-order valence-electron chi connectivity index (χ0n) is 17.3. The van der Waals surface area contributed by atoms with Crippen molar-refractivity contribution in [2.24, 2.45) is 0 Å². The number of hydrogen-bond donors (Lipinski definition) is 1. The van der Waals surface area contributed by atoms with Gasteiger partial charge >= 0.3 is 0 Å². The number of amides is 1. The summed E-state index contributed by atoms with van der Waals surface area (Å²) >= 11 is 0. The number of aryl methyl sites for hydroxylation is 1. The lowest BCUT2D eigenvalue weighted by Gasteiger charge is -2.34. The second-order valence-electron chi connectivity index (χ2n) is 7.68. The summed E-state index contributed by atoms with van der Waals surface area (Å²) in [4.78, 5) is 12.7. The quantitative estimate of drug-likeness (QED) is 0.598. The highest BCUT2D eigenvalue weighted by atomic mass is 32.2. The highest BCUT2D eigenvalue weighted by molar-refractivity contribution is 7.89. The highest BCUT2D eigenvalue weighted by Gasteiger charge is 2.33. The fraction of sp³-hybridized carbons (Fsp3) is 0.364. The summed E-state index contributed by atoms with van der Waals surface area (Å²) in [5.74, 6) is 0.494. The van der Waals surface area contributed by atoms with E-state index in [0.29, 0.717) is 35.9 Å². The number of nitrogens with zero attached hydrogens (tertiary/aromatic N) is 2. The minimum atomic E-state index is -3.57. The van der Waals surface area contributed by atoms with Crippen LogP contribution in [0.15, 0.2) is 62.6 Å². The number of furan rings is 1. The molecule has 0 bridgehead atoms. The molecular weight excluding hydrogens is 418 g/mol. The van der Waals surface area contributed by atoms with E-state index in [0.717, 1.165) is 24.8 Å². The number of sulfonamides is 1. The van der Waals surface area contributed by atoms with Crippen LogP contribution in [0.25, 0.3) is 11.5 Å². The Morgan fingerprint density at radius 3 is 2.74 bits per heavy atom. The van der Waals surface area contributed by atoms with Crippen LogP contribution in [0.2, 0.25) is 0 Å². The van der Waals surface area contributed by atoms with Crippen molar-refractivity contribution in [3.05, 3.63) is 60.0 Å². The molecule has 1 aromatic carbocycles. The van der Waals surface area contributed by atoms with E-state index in [-0.39, 0.29) is 17.6 Å². The summed E-state index contributed by atoms with van der Waals surface area (Å²) in [7, 11) is -3.57. The van der Waals surface area contributed by atoms with Gasteiger partial charge in [-0.3, -0.25) is 4.79 Å². The van der Waals surface area contributed by atoms with Crippen LogP contribution in [0.3, 0.4) is 0 Å². The Bertz CT molecular complexity index is 1120. The maximum Gasteiger partial charge on any atom is 0.273 e. The zero-order chi connectivity index (χ0) is 21.8. The van der Waals surface area contributed by atoms with Crippen LogP contribution in [-0.4, -0.2) is 42.9 Å². The Morgan fingerprint density at radius 1 is 1.19 bits per heavy atom. The van der Waals surface area contributed by atoms with Crippen LogP contribution >= 0.6 is 0 Å². The van der Waals surface area contributed by atoms with E-state index in [9.17, 15) is 13.2 Å². The number of rotatable bonds is 7. The topological polar surface area (TPSA) is 106 Å². The van der Waals surface area contributed by atoms with Gasteiger partial charge in [-0.1, -0.05) is 29.3 Å². The molecular formula is C22H25N3O5S. The molecule has 1 unspecified atom stereocenters. The van der Waals surface area contributed by atoms with Gasteiger partial charge in [-0.25, -0.2) is 8.42 Å². The fourth-order valence-electron chi connectivity index (χ4n) is 3.78. The van der Waals surface area contributed by atoms with E-state index in [1.165, 1.54) is 12.3 Å². The molecule has 4 rings (SSSR count). The first-order valence-electron chi connectivity index (χ1n) is 10.3. The van der Waals surface area contributed by atoms with Crippen molar-refractivity contribution in [2.75, 3.05) is 13.1 Å². The SMILES string of the molecule is Cc1ccc(S(=O)(=O)N2CCCCC2CCNC(=O)c2cc(-c3ccco3)on2)cc1. The van der Waals surface area contributed by atoms with Gasteiger partial charge in [0.25, 0.3) is 5.91 Å². The first-order valence-corrected chi connectivity index (χ1v) is 11.8. The van der Waals surface area contributed by atoms with Gasteiger partial charge in [0.1, 0.15) is 0 Å². The van der Waals surface area contributed by atoms with Gasteiger partial charge in [0.2, 0.25) is 15.8 Å². The number of carbonyl (C=O) groups is 1. The molecule has 1 N–H and O–H groups in total. The number of benzene rings is 1. The maximum absolute atomic E-state index is 13.2. The highest BCUT2D eigenvalue weighted by Crippen LogP contribution is 2.27. The summed E-state index contributed by atoms with van der Waals surface area (Å²) in [6, 6.07) is 11.7. The summed E-state index contributed by atoms with van der Waals surface area (Å²) in [5, 5.41) is 6.60. The third-order valence-corrected chi connectivity index (χ3v) is 7.44. The van der Waals surface area contributed by atoms with Gasteiger partial charge in [0.05, 0.1) is 11.2 Å². The molecule has 164 valence electrons. The predicted octanol–water partition coefficient (Wildman–Crippen LogP) is 3.61. The lowest BCUT2D eigenvalue weighted by atomic mass is 10.0. The molecule has 3 heterocycles. The van der Waals surface area contributed by atoms with E-state index in [1.54, 1.807) is 40.7 Å². The summed E-state index contributed by atoms with van der Waals surface area (Å²) in [6.45, 7) is 2.76. The van der Waals surface area contributed by atoms with Crippen LogP contribution in [0, 0.1) is 6.92 Å². The summed E-state index contributed by atoms with van der Waals surface area (Å²) in [6.07, 6.45) is 4.61. The third-order valence-electron chi connectivity index (χ3n) is 5.47. The third kappa shape index (κ3) is 4.72. The average Bonchev–Trinajstić information content (AvgIpc) is 3.46. The Kier molecular flexibility index (Phi) is 6.24. The molecule has 1 fully saturated rings. The van der Waals surface area contributed by atoms with E-state index in [1.807, 2.05) is 6.92 Å². The number of hydrogen-bond acceptors (Lipinski definition) is 6. The van der Waals surface area contributed by atoms with Gasteiger partial charge in [0, 0.05) is 25.2 Å². The number of piperidine rings is 1. The molecule has 2 aromatic heterocycles. The van der Waals surface area contributed by atoms with Crippen LogP contribution in [0.5, 0.6) is 0 Å². The summed E-state index contributed by atoms with van der Waals surface area (Å²) < 4.78 is 38.3. The second kappa shape index (κ2) is 9.07. The Morgan fingerprint density at radius 2 is 2.00 bits per heavy atom. The van der Waals surface area contributed by atoms with Crippen molar-refractivity contribution in [1.29, 1.82) is 0 Å². The lowest BCUT2D eigenvalue weighted by Crippen LogP contribution is -2.45. The van der Waals surface area contributed by atoms with Gasteiger partial charge in [-0.05, 0) is 50.5 Å². The smallest absolute Gasteiger partial charge is 0.273 e. The molecule has 31 heavy (non-hydrogen) atoms. The largest absolute Gasteiger partial charge is 0.461 e. The predicted molar refractivity (Wildman–Crippen MR) is 114 cm³/mol. The molecule has 1 amide bonds. The van der Waals surface area contributed by atoms with Crippen molar-refractivity contribution in [3.8, 4) is 11.5 Å². The molecule has 0 spiro atoms. The minimum Gasteiger partial charge on any atom is -0.461 e. The molecule has 1 aliphatic rings. The van der Waals surface area contributed by atoms with Crippen LogP contribution in [0.4, 0.5) is 0 Å². The van der Waals surface area contributed by atoms with Gasteiger partial charge in [-0.2, -0.15) is 4.31 Å². The molecule has 0 radical (unpaired) electrons. The van der Waals surface area contributed by atoms with Crippen molar-refractivity contribution < 1.29 is 22.2 Å². The number of carbonyl (C=O) groups excluding carboxylic acids is 1. The minimum absolute atomic E-state index is 0.152. The standard InChI is InChI=1S/C22H25N3O5S/c1-16-7-9-18(10-8-16)31(27,28)25-13-3-2-5-17(25)11-12-23-22(26)19-15-21(30-24-19)20-6-4-14-29-20/h4,6-10,14-15,17H,2-3,5,11-13H2,1H3,(H,23,26). The summed E-state index contributed by atoms with van der Waals surface area (Å²) in [5.41, 5.74) is 1.17. The van der Waals surface area contributed by atoms with Crippen LogP contribution in [-0.2, 0) is 10.0 Å². The zero-order valence-corrected chi connectivity index (χ0v) is 18.1. The molecule has 3 aromatic rings. The number of nitrogens with one attached hydrogen (secondary N) is 1. The van der Waals surface area contributed by atoms with Crippen molar-refractivity contribution >= 4 is 15.9 Å². The maximum atomic E-state index is 13.2. The van der Waals surface area contributed by atoms with E-state index in [4.69, 9.17) is 8.94 Å². The van der Waals surface area contributed by atoms with E-state index < -0.39 is 10.0 Å². The van der Waals surface area contributed by atoms with E-state index >= 15 is 0 Å². The van der Waals surface area contributed by atoms with Gasteiger partial charge in [-0.15, -0.1) is 0 Å².